The van der Waals surface area contributed by atoms with Crippen molar-refractivity contribution in [1.82, 2.24) is 0 Å². The molecule has 0 fully saturated rings. The highest BCUT2D eigenvalue weighted by atomic mass is 35.5. The van der Waals surface area contributed by atoms with Crippen LogP contribution in [0.2, 0.25) is 0 Å². The Kier molecular flexibility index (Phi) is 6.37. The lowest BCUT2D eigenvalue weighted by Crippen LogP contribution is -3.00. The van der Waals surface area contributed by atoms with Gasteiger partial charge in [0.25, 0.3) is 0 Å². The largest absolute Gasteiger partial charge is 1.00 e. The maximum absolute atomic E-state index is 4.24. The van der Waals surface area contributed by atoms with Gasteiger partial charge in [-0.05, 0) is 48.9 Å². The van der Waals surface area contributed by atoms with Crippen LogP contribution in [0.25, 0.3) is 0 Å². The van der Waals surface area contributed by atoms with Crippen molar-refractivity contribution in [2.24, 2.45) is 0 Å². The number of benzene rings is 3. The van der Waals surface area contributed by atoms with Crippen molar-refractivity contribution in [3.05, 3.63) is 103 Å². The lowest BCUT2D eigenvalue weighted by Gasteiger charge is -2.27. The molecule has 0 spiro atoms. The number of rotatable bonds is 5. The quantitative estimate of drug-likeness (QED) is 0.483. The summed E-state index contributed by atoms with van der Waals surface area (Å²) in [6.07, 6.45) is 1.00. The van der Waals surface area contributed by atoms with Crippen LogP contribution in [-0.4, -0.2) is 6.16 Å². The van der Waals surface area contributed by atoms with Gasteiger partial charge in [-0.15, -0.1) is 0 Å². The second-order valence-electron chi connectivity index (χ2n) is 5.93. The molecule has 0 bridgehead atoms. The van der Waals surface area contributed by atoms with Crippen LogP contribution in [0, 0.1) is 0 Å². The van der Waals surface area contributed by atoms with Gasteiger partial charge in [-0.2, -0.15) is 0 Å². The molecule has 3 aromatic carbocycles. The van der Waals surface area contributed by atoms with Crippen LogP contribution in [-0.2, 0) is 0 Å². The van der Waals surface area contributed by atoms with Crippen molar-refractivity contribution in [3.8, 4) is 0 Å². The summed E-state index contributed by atoms with van der Waals surface area (Å²) >= 11 is 0. The summed E-state index contributed by atoms with van der Waals surface area (Å²) in [7, 11) is -1.71. The smallest absolute Gasteiger partial charge is 0.116 e. The van der Waals surface area contributed by atoms with Crippen LogP contribution in [0.3, 0.4) is 0 Å². The zero-order valence-electron chi connectivity index (χ0n) is 13.9. The molecule has 0 aliphatic heterocycles. The fraction of sp³-hybridized carbons (Fsp3) is 0.0909. The molecule has 0 radical (unpaired) electrons. The van der Waals surface area contributed by atoms with E-state index in [4.69, 9.17) is 0 Å². The van der Waals surface area contributed by atoms with E-state index in [2.05, 4.69) is 104 Å². The van der Waals surface area contributed by atoms with Crippen LogP contribution in [0.1, 0.15) is 6.92 Å². The summed E-state index contributed by atoms with van der Waals surface area (Å²) in [5.41, 5.74) is 1.23. The first kappa shape index (κ1) is 18.5. The minimum atomic E-state index is -1.71. The van der Waals surface area contributed by atoms with E-state index < -0.39 is 7.26 Å². The summed E-state index contributed by atoms with van der Waals surface area (Å²) in [5.74, 6) is 0. The van der Waals surface area contributed by atoms with E-state index in [1.54, 1.807) is 0 Å². The molecule has 0 N–H and O–H groups in total. The second kappa shape index (κ2) is 8.29. The second-order valence-corrected chi connectivity index (χ2v) is 9.42. The fourth-order valence-electron chi connectivity index (χ4n) is 3.17. The van der Waals surface area contributed by atoms with E-state index in [-0.39, 0.29) is 12.4 Å². The van der Waals surface area contributed by atoms with E-state index in [0.717, 1.165) is 6.16 Å². The van der Waals surface area contributed by atoms with E-state index in [1.165, 1.54) is 21.5 Å². The summed E-state index contributed by atoms with van der Waals surface area (Å²) < 4.78 is 0. The van der Waals surface area contributed by atoms with E-state index in [1.807, 2.05) is 0 Å². The molecule has 122 valence electrons. The van der Waals surface area contributed by atoms with Gasteiger partial charge >= 0.3 is 0 Å². The first-order chi connectivity index (χ1) is 11.2. The molecule has 0 saturated carbocycles. The third-order valence-electron chi connectivity index (χ3n) is 4.10. The van der Waals surface area contributed by atoms with Gasteiger partial charge in [0.15, 0.2) is 0 Å². The third kappa shape index (κ3) is 3.61. The first-order valence-electron chi connectivity index (χ1n) is 7.93. The Hall–Kier alpha value is -1.88. The Morgan fingerprint density at radius 2 is 0.958 bits per heavy atom. The molecule has 0 heterocycles. The van der Waals surface area contributed by atoms with Crippen LogP contribution < -0.4 is 28.3 Å². The van der Waals surface area contributed by atoms with Crippen molar-refractivity contribution >= 4 is 23.2 Å². The van der Waals surface area contributed by atoms with Gasteiger partial charge in [0, 0.05) is 0 Å². The highest BCUT2D eigenvalue weighted by molar-refractivity contribution is 7.95. The molecule has 0 amide bonds. The molecule has 0 atom stereocenters. The van der Waals surface area contributed by atoms with Crippen molar-refractivity contribution in [3.63, 3.8) is 0 Å². The summed E-state index contributed by atoms with van der Waals surface area (Å²) in [4.78, 5) is 0. The molecule has 3 aromatic rings. The van der Waals surface area contributed by atoms with Gasteiger partial charge in [-0.25, -0.2) is 0 Å². The van der Waals surface area contributed by atoms with Crippen LogP contribution in [0.4, 0.5) is 0 Å². The molecule has 0 aliphatic rings. The fourth-order valence-corrected chi connectivity index (χ4v) is 7.47. The van der Waals surface area contributed by atoms with Gasteiger partial charge in [0.1, 0.15) is 23.2 Å². The van der Waals surface area contributed by atoms with Crippen molar-refractivity contribution in [1.29, 1.82) is 0 Å². The number of allylic oxidation sites excluding steroid dienone is 1. The molecule has 0 saturated heterocycles. The highest BCUT2D eigenvalue weighted by Gasteiger charge is 2.44. The minimum absolute atomic E-state index is 0. The van der Waals surface area contributed by atoms with E-state index >= 15 is 0 Å². The monoisotopic (exact) mass is 352 g/mol. The predicted octanol–water partition coefficient (Wildman–Crippen LogP) is 1.56. The Morgan fingerprint density at radius 1 is 0.667 bits per heavy atom. The zero-order chi connectivity index (χ0) is 16.1. The first-order valence-corrected chi connectivity index (χ1v) is 9.90. The lowest BCUT2D eigenvalue weighted by molar-refractivity contribution is -0.00000458. The van der Waals surface area contributed by atoms with E-state index in [0.29, 0.717) is 0 Å². The number of hydrogen-bond acceptors (Lipinski definition) is 0. The summed E-state index contributed by atoms with van der Waals surface area (Å²) in [5, 5.41) is 4.25. The topological polar surface area (TPSA) is 0 Å². The van der Waals surface area contributed by atoms with Crippen molar-refractivity contribution in [2.45, 2.75) is 6.92 Å². The molecule has 0 aromatic heterocycles. The van der Waals surface area contributed by atoms with Crippen molar-refractivity contribution < 1.29 is 12.4 Å². The Bertz CT molecular complexity index is 670. The van der Waals surface area contributed by atoms with Gasteiger partial charge in [-0.1, -0.05) is 61.2 Å². The molecule has 24 heavy (non-hydrogen) atoms. The zero-order valence-corrected chi connectivity index (χ0v) is 15.6. The van der Waals surface area contributed by atoms with Crippen LogP contribution in [0.15, 0.2) is 103 Å². The predicted molar refractivity (Wildman–Crippen MR) is 105 cm³/mol. The highest BCUT2D eigenvalue weighted by Crippen LogP contribution is 2.56. The average Bonchev–Trinajstić information content (AvgIpc) is 2.62. The van der Waals surface area contributed by atoms with Gasteiger partial charge < -0.3 is 12.4 Å². The van der Waals surface area contributed by atoms with Crippen molar-refractivity contribution in [2.75, 3.05) is 6.16 Å². The standard InChI is InChI=1S/C22H22P.ClH/c1-19(2)18-23(20-12-6-3-7-13-20,21-14-8-4-9-15-21)22-16-10-5-11-17-22;/h3-17H,1,18H2,2H3;1H/q+1;/p-1. The molecule has 3 rings (SSSR count). The molecule has 0 aliphatic carbocycles. The van der Waals surface area contributed by atoms with Crippen LogP contribution >= 0.6 is 7.26 Å². The van der Waals surface area contributed by atoms with Crippen LogP contribution in [0.5, 0.6) is 0 Å². The Morgan fingerprint density at radius 3 is 1.21 bits per heavy atom. The van der Waals surface area contributed by atoms with Gasteiger partial charge in [0.05, 0.1) is 6.16 Å². The molecular weight excluding hydrogens is 331 g/mol. The minimum Gasteiger partial charge on any atom is -1.00 e. The third-order valence-corrected chi connectivity index (χ3v) is 8.65. The normalized spacial score (nSPS) is 10.7. The van der Waals surface area contributed by atoms with Gasteiger partial charge in [-0.3, -0.25) is 0 Å². The Balaban J connectivity index is 0.00000208. The lowest BCUT2D eigenvalue weighted by atomic mass is 10.3. The molecule has 0 nitrogen and oxygen atoms in total. The van der Waals surface area contributed by atoms with Gasteiger partial charge in [0.2, 0.25) is 0 Å². The molecule has 2 heteroatoms. The SMILES string of the molecule is C=C(C)C[P+](c1ccccc1)(c1ccccc1)c1ccccc1.[Cl-]. The summed E-state index contributed by atoms with van der Waals surface area (Å²) in [6, 6.07) is 32.8. The number of hydrogen-bond donors (Lipinski definition) is 0. The average molecular weight is 353 g/mol. The van der Waals surface area contributed by atoms with E-state index in [9.17, 15) is 0 Å². The maximum atomic E-state index is 4.24. The Labute approximate surface area is 152 Å². The number of halogens is 1. The maximum Gasteiger partial charge on any atom is 0.116 e. The molecular formula is C22H22ClP. The summed E-state index contributed by atoms with van der Waals surface area (Å²) in [6.45, 7) is 6.39. The molecule has 0 unspecified atom stereocenters.